The number of pyridine rings is 1. The van der Waals surface area contributed by atoms with Gasteiger partial charge < -0.3 is 9.47 Å². The number of methoxy groups -OCH3 is 1. The maximum Gasteiger partial charge on any atom is 0.573 e. The first-order valence-corrected chi connectivity index (χ1v) is 4.99. The molecule has 0 atom stereocenters. The molecule has 0 bridgehead atoms. The van der Waals surface area contributed by atoms with Gasteiger partial charge in [0.25, 0.3) is 6.43 Å². The third-order valence-electron chi connectivity index (χ3n) is 1.84. The number of hydrogen-bond donors (Lipinski definition) is 0. The van der Waals surface area contributed by atoms with Crippen molar-refractivity contribution in [1.29, 1.82) is 0 Å². The SMILES string of the molecule is COc1nc(C(F)F)cc(OC(F)(F)F)c1CCl. The van der Waals surface area contributed by atoms with Gasteiger partial charge in [-0.1, -0.05) is 0 Å². The highest BCUT2D eigenvalue weighted by Crippen LogP contribution is 2.35. The molecule has 0 saturated carbocycles. The van der Waals surface area contributed by atoms with Crippen molar-refractivity contribution in [3.63, 3.8) is 0 Å². The van der Waals surface area contributed by atoms with Crippen LogP contribution in [0.2, 0.25) is 0 Å². The Hall–Kier alpha value is -1.31. The average molecular weight is 292 g/mol. The van der Waals surface area contributed by atoms with Crippen molar-refractivity contribution in [3.05, 3.63) is 17.3 Å². The van der Waals surface area contributed by atoms with E-state index in [1.165, 1.54) is 0 Å². The van der Waals surface area contributed by atoms with Crippen LogP contribution in [0.15, 0.2) is 6.07 Å². The zero-order valence-electron chi connectivity index (χ0n) is 8.89. The lowest BCUT2D eigenvalue weighted by molar-refractivity contribution is -0.275. The smallest absolute Gasteiger partial charge is 0.481 e. The van der Waals surface area contributed by atoms with Crippen LogP contribution in [0.1, 0.15) is 17.7 Å². The van der Waals surface area contributed by atoms with E-state index in [9.17, 15) is 22.0 Å². The largest absolute Gasteiger partial charge is 0.573 e. The van der Waals surface area contributed by atoms with E-state index in [4.69, 9.17) is 11.6 Å². The summed E-state index contributed by atoms with van der Waals surface area (Å²) in [6.45, 7) is 0. The predicted octanol–water partition coefficient (Wildman–Crippen LogP) is 3.67. The summed E-state index contributed by atoms with van der Waals surface area (Å²) in [5, 5.41) is 0. The quantitative estimate of drug-likeness (QED) is 0.626. The third kappa shape index (κ3) is 3.59. The van der Waals surface area contributed by atoms with Gasteiger partial charge in [-0.2, -0.15) is 0 Å². The van der Waals surface area contributed by atoms with Gasteiger partial charge in [0.05, 0.1) is 18.6 Å². The number of rotatable bonds is 4. The van der Waals surface area contributed by atoms with Gasteiger partial charge in [-0.15, -0.1) is 24.8 Å². The number of ether oxygens (including phenoxy) is 2. The number of alkyl halides is 6. The van der Waals surface area contributed by atoms with Gasteiger partial charge in [0, 0.05) is 6.07 Å². The fourth-order valence-electron chi connectivity index (χ4n) is 1.16. The Balaban J connectivity index is 3.31. The molecule has 18 heavy (non-hydrogen) atoms. The highest BCUT2D eigenvalue weighted by Gasteiger charge is 2.33. The van der Waals surface area contributed by atoms with Crippen LogP contribution in [0, 0.1) is 0 Å². The van der Waals surface area contributed by atoms with Gasteiger partial charge >= 0.3 is 6.36 Å². The summed E-state index contributed by atoms with van der Waals surface area (Å²) in [4.78, 5) is 3.35. The molecule has 1 aromatic heterocycles. The van der Waals surface area contributed by atoms with Crippen LogP contribution in [0.3, 0.4) is 0 Å². The standard InChI is InChI=1S/C9H7ClF5NO2/c1-17-8-4(3-10)6(18-9(13,14)15)2-5(16-8)7(11)12/h2,7H,3H2,1H3. The first kappa shape index (κ1) is 14.7. The van der Waals surface area contributed by atoms with Crippen LogP contribution >= 0.6 is 11.6 Å². The topological polar surface area (TPSA) is 31.4 Å². The lowest BCUT2D eigenvalue weighted by atomic mass is 10.2. The minimum Gasteiger partial charge on any atom is -0.481 e. The van der Waals surface area contributed by atoms with Crippen molar-refractivity contribution >= 4 is 11.6 Å². The van der Waals surface area contributed by atoms with E-state index in [0.717, 1.165) is 7.11 Å². The fourth-order valence-corrected chi connectivity index (χ4v) is 1.41. The molecule has 1 aromatic rings. The molecular weight excluding hydrogens is 285 g/mol. The van der Waals surface area contributed by atoms with E-state index in [0.29, 0.717) is 6.07 Å². The Bertz CT molecular complexity index is 424. The molecular formula is C9H7ClF5NO2. The Morgan fingerprint density at radius 2 is 2.00 bits per heavy atom. The van der Waals surface area contributed by atoms with Crippen LogP contribution in [0.4, 0.5) is 22.0 Å². The summed E-state index contributed by atoms with van der Waals surface area (Å²) in [6.07, 6.45) is -8.08. The van der Waals surface area contributed by atoms with Crippen LogP contribution < -0.4 is 9.47 Å². The minimum atomic E-state index is -5.02. The normalized spacial score (nSPS) is 11.8. The molecule has 9 heteroatoms. The lowest BCUT2D eigenvalue weighted by Crippen LogP contribution is -2.18. The molecule has 0 N–H and O–H groups in total. The van der Waals surface area contributed by atoms with E-state index in [1.807, 2.05) is 0 Å². The molecule has 0 amide bonds. The van der Waals surface area contributed by atoms with Crippen LogP contribution in [0.25, 0.3) is 0 Å². The highest BCUT2D eigenvalue weighted by molar-refractivity contribution is 6.17. The maximum atomic E-state index is 12.4. The zero-order valence-corrected chi connectivity index (χ0v) is 9.65. The van der Waals surface area contributed by atoms with Crippen molar-refractivity contribution in [2.24, 2.45) is 0 Å². The molecule has 0 aliphatic rings. The summed E-state index contributed by atoms with van der Waals surface area (Å²) in [7, 11) is 1.07. The summed E-state index contributed by atoms with van der Waals surface area (Å²) >= 11 is 5.42. The van der Waals surface area contributed by atoms with Gasteiger partial charge in [-0.25, -0.2) is 13.8 Å². The van der Waals surface area contributed by atoms with E-state index in [1.54, 1.807) is 0 Å². The second kappa shape index (κ2) is 5.55. The van der Waals surface area contributed by atoms with Gasteiger partial charge in [0.1, 0.15) is 11.4 Å². The first-order chi connectivity index (χ1) is 8.28. The number of nitrogens with zero attached hydrogens (tertiary/aromatic N) is 1. The Kier molecular flexibility index (Phi) is 4.55. The van der Waals surface area contributed by atoms with E-state index in [2.05, 4.69) is 14.5 Å². The van der Waals surface area contributed by atoms with Gasteiger partial charge in [0.2, 0.25) is 5.88 Å². The molecule has 0 spiro atoms. The number of halogens is 6. The van der Waals surface area contributed by atoms with Crippen LogP contribution in [0.5, 0.6) is 11.6 Å². The first-order valence-electron chi connectivity index (χ1n) is 4.46. The third-order valence-corrected chi connectivity index (χ3v) is 2.11. The van der Waals surface area contributed by atoms with E-state index < -0.39 is 36.0 Å². The molecule has 0 radical (unpaired) electrons. The monoisotopic (exact) mass is 291 g/mol. The van der Waals surface area contributed by atoms with Crippen LogP contribution in [-0.4, -0.2) is 18.5 Å². The summed E-state index contributed by atoms with van der Waals surface area (Å²) in [5.74, 6) is -1.70. The van der Waals surface area contributed by atoms with Gasteiger partial charge in [-0.05, 0) is 0 Å². The Labute approximate surface area is 103 Å². The molecule has 0 aromatic carbocycles. The molecule has 102 valence electrons. The van der Waals surface area contributed by atoms with Crippen molar-refractivity contribution in [3.8, 4) is 11.6 Å². The summed E-state index contributed by atoms with van der Waals surface area (Å²) in [6, 6.07) is 0.485. The Morgan fingerprint density at radius 3 is 2.39 bits per heavy atom. The van der Waals surface area contributed by atoms with Crippen molar-refractivity contribution in [1.82, 2.24) is 4.98 Å². The molecule has 0 saturated heterocycles. The summed E-state index contributed by atoms with van der Waals surface area (Å²) in [5.41, 5.74) is -1.14. The van der Waals surface area contributed by atoms with Gasteiger partial charge in [-0.3, -0.25) is 0 Å². The van der Waals surface area contributed by atoms with E-state index in [-0.39, 0.29) is 5.56 Å². The van der Waals surface area contributed by atoms with E-state index >= 15 is 0 Å². The maximum absolute atomic E-state index is 12.4. The second-order valence-electron chi connectivity index (χ2n) is 3.02. The molecule has 0 unspecified atom stereocenters. The van der Waals surface area contributed by atoms with Gasteiger partial charge in [0.15, 0.2) is 0 Å². The number of hydrogen-bond acceptors (Lipinski definition) is 3. The Morgan fingerprint density at radius 1 is 1.39 bits per heavy atom. The molecule has 3 nitrogen and oxygen atoms in total. The highest BCUT2D eigenvalue weighted by atomic mass is 35.5. The van der Waals surface area contributed by atoms with Crippen molar-refractivity contribution in [2.45, 2.75) is 18.7 Å². The van der Waals surface area contributed by atoms with Crippen molar-refractivity contribution in [2.75, 3.05) is 7.11 Å². The fraction of sp³-hybridized carbons (Fsp3) is 0.444. The predicted molar refractivity (Wildman–Crippen MR) is 52.0 cm³/mol. The molecule has 1 rings (SSSR count). The van der Waals surface area contributed by atoms with Crippen molar-refractivity contribution < 1.29 is 31.4 Å². The minimum absolute atomic E-state index is 0.249. The average Bonchev–Trinajstić information content (AvgIpc) is 2.25. The summed E-state index contributed by atoms with van der Waals surface area (Å²) < 4.78 is 69.4. The second-order valence-corrected chi connectivity index (χ2v) is 3.28. The molecule has 0 fully saturated rings. The molecule has 1 heterocycles. The lowest BCUT2D eigenvalue weighted by Gasteiger charge is -2.15. The number of aromatic nitrogens is 1. The van der Waals surface area contributed by atoms with Crippen LogP contribution in [-0.2, 0) is 5.88 Å². The molecule has 0 aliphatic carbocycles. The zero-order chi connectivity index (χ0) is 13.9. The molecule has 0 aliphatic heterocycles.